The lowest BCUT2D eigenvalue weighted by molar-refractivity contribution is -0.0268. The SMILES string of the molecule is COc1cc(OC)c(F)c(N(CC2COC2)c2ccc3ncc(C4=CN(C)NC4)nc3n2)c1. The first-order chi connectivity index (χ1) is 16.1. The number of halogens is 1. The number of pyridine rings is 1. The summed E-state index contributed by atoms with van der Waals surface area (Å²) < 4.78 is 31.4. The molecule has 1 N–H and O–H groups in total. The summed E-state index contributed by atoms with van der Waals surface area (Å²) in [6, 6.07) is 6.85. The van der Waals surface area contributed by atoms with Crippen molar-refractivity contribution in [3.8, 4) is 11.5 Å². The molecule has 4 heterocycles. The minimum Gasteiger partial charge on any atom is -0.497 e. The third-order valence-corrected chi connectivity index (χ3v) is 5.75. The van der Waals surface area contributed by atoms with Crippen molar-refractivity contribution in [3.05, 3.63) is 48.2 Å². The van der Waals surface area contributed by atoms with Crippen LogP contribution in [0.25, 0.3) is 16.7 Å². The third kappa shape index (κ3) is 4.14. The van der Waals surface area contributed by atoms with E-state index >= 15 is 4.39 Å². The van der Waals surface area contributed by atoms with Crippen LogP contribution in [-0.2, 0) is 4.74 Å². The molecule has 0 amide bonds. The van der Waals surface area contributed by atoms with Crippen LogP contribution in [0.15, 0.2) is 36.7 Å². The zero-order valence-electron chi connectivity index (χ0n) is 18.7. The minimum atomic E-state index is -0.481. The predicted molar refractivity (Wildman–Crippen MR) is 122 cm³/mol. The number of nitrogens with one attached hydrogen (secondary N) is 1. The van der Waals surface area contributed by atoms with Crippen molar-refractivity contribution in [2.75, 3.05) is 52.5 Å². The van der Waals surface area contributed by atoms with E-state index in [1.807, 2.05) is 35.3 Å². The minimum absolute atomic E-state index is 0.104. The lowest BCUT2D eigenvalue weighted by atomic mass is 10.1. The van der Waals surface area contributed by atoms with Crippen LogP contribution in [0.3, 0.4) is 0 Å². The smallest absolute Gasteiger partial charge is 0.188 e. The fraction of sp³-hybridized carbons (Fsp3) is 0.348. The summed E-state index contributed by atoms with van der Waals surface area (Å²) in [5.41, 5.74) is 6.44. The van der Waals surface area contributed by atoms with E-state index in [4.69, 9.17) is 24.2 Å². The van der Waals surface area contributed by atoms with Gasteiger partial charge in [-0.1, -0.05) is 0 Å². The molecule has 33 heavy (non-hydrogen) atoms. The second-order valence-electron chi connectivity index (χ2n) is 8.04. The molecule has 1 aromatic carbocycles. The average Bonchev–Trinajstić information content (AvgIpc) is 3.24. The fourth-order valence-electron chi connectivity index (χ4n) is 3.87. The van der Waals surface area contributed by atoms with Gasteiger partial charge in [-0.15, -0.1) is 0 Å². The molecular formula is C23H25FN6O3. The molecule has 2 aliphatic rings. The van der Waals surface area contributed by atoms with E-state index in [1.54, 1.807) is 12.3 Å². The first kappa shape index (κ1) is 21.4. The second-order valence-corrected chi connectivity index (χ2v) is 8.04. The van der Waals surface area contributed by atoms with Crippen LogP contribution >= 0.6 is 0 Å². The molecule has 0 unspecified atom stereocenters. The van der Waals surface area contributed by atoms with Gasteiger partial charge < -0.3 is 24.1 Å². The molecule has 0 saturated carbocycles. The molecule has 0 bridgehead atoms. The van der Waals surface area contributed by atoms with E-state index in [0.717, 1.165) is 11.3 Å². The summed E-state index contributed by atoms with van der Waals surface area (Å²) in [4.78, 5) is 15.8. The Kier molecular flexibility index (Phi) is 5.69. The topological polar surface area (TPSA) is 84.9 Å². The Bertz CT molecular complexity index is 1220. The Hall–Kier alpha value is -3.50. The van der Waals surface area contributed by atoms with Crippen LogP contribution in [-0.4, -0.2) is 67.5 Å². The van der Waals surface area contributed by atoms with Crippen LogP contribution in [0.1, 0.15) is 5.69 Å². The van der Waals surface area contributed by atoms with E-state index in [9.17, 15) is 0 Å². The van der Waals surface area contributed by atoms with Crippen molar-refractivity contribution in [3.63, 3.8) is 0 Å². The van der Waals surface area contributed by atoms with Crippen LogP contribution in [0, 0.1) is 11.7 Å². The highest BCUT2D eigenvalue weighted by Gasteiger charge is 2.27. The van der Waals surface area contributed by atoms with Crippen molar-refractivity contribution in [1.29, 1.82) is 0 Å². The zero-order chi connectivity index (χ0) is 22.9. The molecule has 172 valence electrons. The van der Waals surface area contributed by atoms with Gasteiger partial charge in [0.25, 0.3) is 0 Å². The highest BCUT2D eigenvalue weighted by molar-refractivity contribution is 5.77. The van der Waals surface area contributed by atoms with Gasteiger partial charge >= 0.3 is 0 Å². The summed E-state index contributed by atoms with van der Waals surface area (Å²) in [6.07, 6.45) is 3.72. The standard InChI is InChI=1S/C23H25FN6O3/c1-29-11-15(8-26-29)18-9-25-17-4-5-21(28-23(17)27-18)30(10-14-12-33-13-14)19-6-16(31-2)7-20(32-3)22(19)24/h4-7,9,11,14,26H,8,10,12-13H2,1-3H3. The van der Waals surface area contributed by atoms with Crippen molar-refractivity contribution in [2.24, 2.45) is 5.92 Å². The van der Waals surface area contributed by atoms with E-state index < -0.39 is 5.82 Å². The van der Waals surface area contributed by atoms with Gasteiger partial charge in [0, 0.05) is 50.0 Å². The van der Waals surface area contributed by atoms with Gasteiger partial charge in [0.05, 0.1) is 45.0 Å². The van der Waals surface area contributed by atoms with Crippen molar-refractivity contribution in [2.45, 2.75) is 0 Å². The first-order valence-electron chi connectivity index (χ1n) is 10.6. The molecule has 0 spiro atoms. The van der Waals surface area contributed by atoms with Crippen LogP contribution in [0.5, 0.6) is 11.5 Å². The molecule has 1 saturated heterocycles. The maximum absolute atomic E-state index is 15.4. The molecule has 5 rings (SSSR count). The van der Waals surface area contributed by atoms with E-state index in [2.05, 4.69) is 10.4 Å². The predicted octanol–water partition coefficient (Wildman–Crippen LogP) is 2.76. The normalized spacial score (nSPS) is 16.0. The number of ether oxygens (including phenoxy) is 3. The summed E-state index contributed by atoms with van der Waals surface area (Å²) in [7, 11) is 4.90. The van der Waals surface area contributed by atoms with E-state index in [1.165, 1.54) is 20.3 Å². The maximum Gasteiger partial charge on any atom is 0.188 e. The molecule has 1 fully saturated rings. The van der Waals surface area contributed by atoms with Gasteiger partial charge in [-0.05, 0) is 12.1 Å². The molecule has 10 heteroatoms. The lowest BCUT2D eigenvalue weighted by Gasteiger charge is -2.33. The number of fused-ring (bicyclic) bond motifs is 1. The Balaban J connectivity index is 1.59. The molecule has 2 aromatic heterocycles. The number of rotatable bonds is 7. The van der Waals surface area contributed by atoms with E-state index in [-0.39, 0.29) is 11.7 Å². The molecule has 9 nitrogen and oxygen atoms in total. The number of hydrogen-bond donors (Lipinski definition) is 1. The first-order valence-corrected chi connectivity index (χ1v) is 10.6. The highest BCUT2D eigenvalue weighted by Crippen LogP contribution is 2.37. The number of hydrogen-bond acceptors (Lipinski definition) is 9. The van der Waals surface area contributed by atoms with Crippen molar-refractivity contribution in [1.82, 2.24) is 25.4 Å². The zero-order valence-corrected chi connectivity index (χ0v) is 18.7. The van der Waals surface area contributed by atoms with Gasteiger partial charge in [0.2, 0.25) is 0 Å². The van der Waals surface area contributed by atoms with Crippen LogP contribution in [0.2, 0.25) is 0 Å². The number of nitrogens with zero attached hydrogens (tertiary/aromatic N) is 5. The van der Waals surface area contributed by atoms with Gasteiger partial charge in [0.1, 0.15) is 17.1 Å². The summed E-state index contributed by atoms with van der Waals surface area (Å²) >= 11 is 0. The molecule has 2 aliphatic heterocycles. The Morgan fingerprint density at radius 1 is 1.21 bits per heavy atom. The largest absolute Gasteiger partial charge is 0.497 e. The van der Waals surface area contributed by atoms with Crippen LogP contribution in [0.4, 0.5) is 15.9 Å². The molecule has 0 radical (unpaired) electrons. The number of methoxy groups -OCH3 is 2. The number of aromatic nitrogens is 3. The lowest BCUT2D eigenvalue weighted by Crippen LogP contribution is -2.38. The van der Waals surface area contributed by atoms with Gasteiger partial charge in [-0.3, -0.25) is 4.98 Å². The van der Waals surface area contributed by atoms with Gasteiger partial charge in [-0.2, -0.15) is 0 Å². The number of benzene rings is 1. The number of anilines is 2. The Morgan fingerprint density at radius 3 is 2.73 bits per heavy atom. The summed E-state index contributed by atoms with van der Waals surface area (Å²) in [6.45, 7) is 2.43. The Morgan fingerprint density at radius 2 is 2.06 bits per heavy atom. The molecular weight excluding hydrogens is 427 g/mol. The molecule has 3 aromatic rings. The van der Waals surface area contributed by atoms with Gasteiger partial charge in [-0.25, -0.2) is 19.8 Å². The van der Waals surface area contributed by atoms with Crippen molar-refractivity contribution >= 4 is 28.2 Å². The second kappa shape index (κ2) is 8.80. The number of hydrazine groups is 1. The van der Waals surface area contributed by atoms with E-state index in [0.29, 0.717) is 54.7 Å². The average molecular weight is 452 g/mol. The third-order valence-electron chi connectivity index (χ3n) is 5.75. The van der Waals surface area contributed by atoms with Gasteiger partial charge in [0.15, 0.2) is 17.2 Å². The Labute approximate surface area is 190 Å². The summed E-state index contributed by atoms with van der Waals surface area (Å²) in [5.74, 6) is 0.926. The summed E-state index contributed by atoms with van der Waals surface area (Å²) in [5, 5.41) is 1.88. The monoisotopic (exact) mass is 452 g/mol. The molecule has 0 aliphatic carbocycles. The maximum atomic E-state index is 15.4. The fourth-order valence-corrected chi connectivity index (χ4v) is 3.87. The quantitative estimate of drug-likeness (QED) is 0.582. The molecule has 0 atom stereocenters. The van der Waals surface area contributed by atoms with Crippen LogP contribution < -0.4 is 19.8 Å². The van der Waals surface area contributed by atoms with Crippen molar-refractivity contribution < 1.29 is 18.6 Å². The highest BCUT2D eigenvalue weighted by atomic mass is 19.1.